The van der Waals surface area contributed by atoms with E-state index in [0.717, 1.165) is 16.5 Å². The topological polar surface area (TPSA) is 72.0 Å². The van der Waals surface area contributed by atoms with Crippen molar-refractivity contribution in [1.82, 2.24) is 5.43 Å². The van der Waals surface area contributed by atoms with E-state index in [1.807, 2.05) is 42.5 Å². The molecule has 1 aliphatic heterocycles. The minimum Gasteiger partial charge on any atom is -0.454 e. The van der Waals surface area contributed by atoms with E-state index in [4.69, 9.17) is 21.1 Å². The summed E-state index contributed by atoms with van der Waals surface area (Å²) < 4.78 is 10.6. The fourth-order valence-electron chi connectivity index (χ4n) is 2.80. The molecule has 0 radical (unpaired) electrons. The van der Waals surface area contributed by atoms with E-state index in [9.17, 15) is 4.79 Å². The summed E-state index contributed by atoms with van der Waals surface area (Å²) in [5, 5.41) is 9.72. The van der Waals surface area contributed by atoms with E-state index in [1.54, 1.807) is 12.1 Å². The van der Waals surface area contributed by atoms with Gasteiger partial charge in [0.2, 0.25) is 6.79 Å². The summed E-state index contributed by atoms with van der Waals surface area (Å²) in [6.45, 7) is 0.267. The summed E-state index contributed by atoms with van der Waals surface area (Å²) in [7, 11) is 0. The van der Waals surface area contributed by atoms with Crippen LogP contribution in [0.3, 0.4) is 0 Å². The summed E-state index contributed by atoms with van der Waals surface area (Å²) in [6.07, 6.45) is 1.47. The molecule has 0 atom stereocenters. The first-order valence-corrected chi connectivity index (χ1v) is 8.71. The fourth-order valence-corrected chi connectivity index (χ4v) is 3.00. The number of fused-ring (bicyclic) bond motifs is 2. The Hall–Kier alpha value is -3.25. The number of benzene rings is 3. The standard InChI is InChI=1S/C20H16ClN3O3/c21-16-9-19-18(26-12-27-19)8-14(16)10-23-24-20(25)11-22-17-7-3-5-13-4-1-2-6-15(13)17/h1-10,22H,11-12H2,(H,24,25)/b23-10-. The first-order valence-electron chi connectivity index (χ1n) is 8.33. The third kappa shape index (κ3) is 3.80. The average Bonchev–Trinajstić information content (AvgIpc) is 3.13. The first kappa shape index (κ1) is 17.2. The van der Waals surface area contributed by atoms with Crippen LogP contribution >= 0.6 is 11.6 Å². The molecular formula is C20H16ClN3O3. The van der Waals surface area contributed by atoms with Crippen LogP contribution in [0.2, 0.25) is 5.02 Å². The molecule has 0 aliphatic carbocycles. The fraction of sp³-hybridized carbons (Fsp3) is 0.100. The van der Waals surface area contributed by atoms with E-state index < -0.39 is 0 Å². The van der Waals surface area contributed by atoms with Gasteiger partial charge < -0.3 is 14.8 Å². The predicted molar refractivity (Wildman–Crippen MR) is 106 cm³/mol. The molecular weight excluding hydrogens is 366 g/mol. The van der Waals surface area contributed by atoms with Crippen molar-refractivity contribution in [2.45, 2.75) is 0 Å². The maximum Gasteiger partial charge on any atom is 0.259 e. The number of ether oxygens (including phenoxy) is 2. The van der Waals surface area contributed by atoms with E-state index in [0.29, 0.717) is 22.1 Å². The molecule has 1 heterocycles. The molecule has 2 N–H and O–H groups in total. The van der Waals surface area contributed by atoms with Gasteiger partial charge in [-0.25, -0.2) is 5.43 Å². The summed E-state index contributed by atoms with van der Waals surface area (Å²) in [5.74, 6) is 0.932. The van der Waals surface area contributed by atoms with Crippen molar-refractivity contribution in [3.8, 4) is 11.5 Å². The Kier molecular flexibility index (Phi) is 4.80. The second-order valence-electron chi connectivity index (χ2n) is 5.90. The Morgan fingerprint density at radius 2 is 1.89 bits per heavy atom. The van der Waals surface area contributed by atoms with Crippen LogP contribution in [0.4, 0.5) is 5.69 Å². The highest BCUT2D eigenvalue weighted by Gasteiger charge is 2.15. The van der Waals surface area contributed by atoms with Crippen LogP contribution < -0.4 is 20.2 Å². The van der Waals surface area contributed by atoms with Gasteiger partial charge in [0.1, 0.15) is 0 Å². The number of amides is 1. The Morgan fingerprint density at radius 3 is 2.78 bits per heavy atom. The van der Waals surface area contributed by atoms with Gasteiger partial charge >= 0.3 is 0 Å². The van der Waals surface area contributed by atoms with Gasteiger partial charge in [-0.15, -0.1) is 0 Å². The molecule has 3 aromatic rings. The van der Waals surface area contributed by atoms with Gasteiger partial charge in [-0.05, 0) is 17.5 Å². The number of hydrogen-bond acceptors (Lipinski definition) is 5. The van der Waals surface area contributed by atoms with Gasteiger partial charge in [0.25, 0.3) is 5.91 Å². The van der Waals surface area contributed by atoms with Crippen LogP contribution in [-0.4, -0.2) is 25.5 Å². The van der Waals surface area contributed by atoms with Gasteiger partial charge in [-0.1, -0.05) is 48.0 Å². The molecule has 0 unspecified atom stereocenters. The van der Waals surface area contributed by atoms with Crippen molar-refractivity contribution in [3.05, 3.63) is 65.2 Å². The highest BCUT2D eigenvalue weighted by atomic mass is 35.5. The molecule has 4 rings (SSSR count). The van der Waals surface area contributed by atoms with Crippen LogP contribution in [0.15, 0.2) is 59.7 Å². The highest BCUT2D eigenvalue weighted by Crippen LogP contribution is 2.36. The number of nitrogens with zero attached hydrogens (tertiary/aromatic N) is 1. The number of carbonyl (C=O) groups is 1. The van der Waals surface area contributed by atoms with Crippen molar-refractivity contribution in [2.75, 3.05) is 18.7 Å². The molecule has 27 heavy (non-hydrogen) atoms. The van der Waals surface area contributed by atoms with E-state index in [-0.39, 0.29) is 19.2 Å². The summed E-state index contributed by atoms with van der Waals surface area (Å²) in [6, 6.07) is 17.3. The molecule has 0 bridgehead atoms. The molecule has 7 heteroatoms. The number of rotatable bonds is 5. The molecule has 6 nitrogen and oxygen atoms in total. The third-order valence-corrected chi connectivity index (χ3v) is 4.44. The lowest BCUT2D eigenvalue weighted by molar-refractivity contribution is -0.119. The number of hydrazone groups is 1. The molecule has 0 saturated carbocycles. The van der Waals surface area contributed by atoms with Gasteiger partial charge in [0.15, 0.2) is 11.5 Å². The number of hydrogen-bond donors (Lipinski definition) is 2. The number of carbonyl (C=O) groups excluding carboxylic acids is 1. The smallest absolute Gasteiger partial charge is 0.259 e. The van der Waals surface area contributed by atoms with Gasteiger partial charge in [-0.2, -0.15) is 5.10 Å². The average molecular weight is 382 g/mol. The van der Waals surface area contributed by atoms with E-state index in [2.05, 4.69) is 15.8 Å². The van der Waals surface area contributed by atoms with Crippen LogP contribution in [0.1, 0.15) is 5.56 Å². The highest BCUT2D eigenvalue weighted by molar-refractivity contribution is 6.33. The number of nitrogens with one attached hydrogen (secondary N) is 2. The van der Waals surface area contributed by atoms with Crippen molar-refractivity contribution in [2.24, 2.45) is 5.10 Å². The second kappa shape index (κ2) is 7.55. The summed E-state index contributed by atoms with van der Waals surface area (Å²) in [5.41, 5.74) is 4.00. The molecule has 0 aromatic heterocycles. The van der Waals surface area contributed by atoms with Crippen molar-refractivity contribution in [3.63, 3.8) is 0 Å². The van der Waals surface area contributed by atoms with Crippen LogP contribution in [0.5, 0.6) is 11.5 Å². The lowest BCUT2D eigenvalue weighted by atomic mass is 10.1. The predicted octanol–water partition coefficient (Wildman–Crippen LogP) is 3.78. The summed E-state index contributed by atoms with van der Waals surface area (Å²) in [4.78, 5) is 12.0. The van der Waals surface area contributed by atoms with Crippen LogP contribution in [0.25, 0.3) is 10.8 Å². The third-order valence-electron chi connectivity index (χ3n) is 4.11. The quantitative estimate of drug-likeness (QED) is 0.521. The Morgan fingerprint density at radius 1 is 1.11 bits per heavy atom. The monoisotopic (exact) mass is 381 g/mol. The van der Waals surface area contributed by atoms with Gasteiger partial charge in [0, 0.05) is 22.7 Å². The van der Waals surface area contributed by atoms with Gasteiger partial charge in [0.05, 0.1) is 17.8 Å². The molecule has 0 spiro atoms. The van der Waals surface area contributed by atoms with Crippen LogP contribution in [0, 0.1) is 0 Å². The Bertz CT molecular complexity index is 1030. The van der Waals surface area contributed by atoms with E-state index >= 15 is 0 Å². The minimum atomic E-state index is -0.268. The maximum atomic E-state index is 12.0. The second-order valence-corrected chi connectivity index (χ2v) is 6.31. The van der Waals surface area contributed by atoms with Gasteiger partial charge in [-0.3, -0.25) is 4.79 Å². The molecule has 136 valence electrons. The summed E-state index contributed by atoms with van der Waals surface area (Å²) >= 11 is 6.17. The zero-order valence-electron chi connectivity index (χ0n) is 14.2. The SMILES string of the molecule is O=C(CNc1cccc2ccccc12)N/N=C\c1cc2c(cc1Cl)OCO2. The minimum absolute atomic E-state index is 0.0974. The molecule has 0 fully saturated rings. The zero-order valence-corrected chi connectivity index (χ0v) is 15.0. The zero-order chi connectivity index (χ0) is 18.6. The first-order chi connectivity index (χ1) is 13.2. The normalized spacial score (nSPS) is 12.5. The van der Waals surface area contributed by atoms with Crippen LogP contribution in [-0.2, 0) is 4.79 Å². The molecule has 0 saturated heterocycles. The Labute approximate surface area is 160 Å². The number of anilines is 1. The maximum absolute atomic E-state index is 12.0. The number of halogens is 1. The van der Waals surface area contributed by atoms with E-state index in [1.165, 1.54) is 6.21 Å². The molecule has 3 aromatic carbocycles. The lowest BCUT2D eigenvalue weighted by Crippen LogP contribution is -2.25. The van der Waals surface area contributed by atoms with Crippen molar-refractivity contribution in [1.29, 1.82) is 0 Å². The van der Waals surface area contributed by atoms with Crippen molar-refractivity contribution >= 4 is 40.2 Å². The lowest BCUT2D eigenvalue weighted by Gasteiger charge is -2.08. The molecule has 1 aliphatic rings. The van der Waals surface area contributed by atoms with Crippen molar-refractivity contribution < 1.29 is 14.3 Å². The Balaban J connectivity index is 1.37. The molecule has 1 amide bonds. The largest absolute Gasteiger partial charge is 0.454 e.